The lowest BCUT2D eigenvalue weighted by molar-refractivity contribution is -0.129. The SMILES string of the molecule is CN(Cc1cn(C)nn1)C(=O)Cc1n[nH]c(=O)c2ccccc12. The van der Waals surface area contributed by atoms with E-state index in [9.17, 15) is 9.59 Å². The molecule has 0 unspecified atom stereocenters. The van der Waals surface area contributed by atoms with E-state index in [2.05, 4.69) is 20.5 Å². The summed E-state index contributed by atoms with van der Waals surface area (Å²) < 4.78 is 1.59. The number of nitrogens with one attached hydrogen (secondary N) is 1. The van der Waals surface area contributed by atoms with Crippen LogP contribution >= 0.6 is 0 Å². The molecule has 0 bridgehead atoms. The van der Waals surface area contributed by atoms with Crippen LogP contribution in [-0.2, 0) is 24.8 Å². The molecule has 8 heteroatoms. The van der Waals surface area contributed by atoms with Crippen molar-refractivity contribution in [1.82, 2.24) is 30.1 Å². The maximum Gasteiger partial charge on any atom is 0.272 e. The summed E-state index contributed by atoms with van der Waals surface area (Å²) in [6.45, 7) is 0.369. The molecule has 1 amide bonds. The quantitative estimate of drug-likeness (QED) is 0.745. The summed E-state index contributed by atoms with van der Waals surface area (Å²) in [5.41, 5.74) is 1.00. The third kappa shape index (κ3) is 3.10. The van der Waals surface area contributed by atoms with E-state index >= 15 is 0 Å². The van der Waals surface area contributed by atoms with Crippen LogP contribution in [0.2, 0.25) is 0 Å². The fraction of sp³-hybridized carbons (Fsp3) is 0.267. The van der Waals surface area contributed by atoms with Gasteiger partial charge in [0.25, 0.3) is 5.56 Å². The Balaban J connectivity index is 1.80. The van der Waals surface area contributed by atoms with Gasteiger partial charge in [-0.2, -0.15) is 5.10 Å². The zero-order valence-corrected chi connectivity index (χ0v) is 12.9. The van der Waals surface area contributed by atoms with E-state index in [1.165, 1.54) is 0 Å². The Kier molecular flexibility index (Phi) is 3.88. The lowest BCUT2D eigenvalue weighted by Gasteiger charge is -2.15. The molecular formula is C15H16N6O2. The molecule has 0 aliphatic carbocycles. The zero-order valence-electron chi connectivity index (χ0n) is 12.9. The number of likely N-dealkylation sites (N-methyl/N-ethyl adjacent to an activating group) is 1. The molecule has 118 valence electrons. The van der Waals surface area contributed by atoms with Crippen molar-refractivity contribution in [2.45, 2.75) is 13.0 Å². The van der Waals surface area contributed by atoms with Gasteiger partial charge in [0.15, 0.2) is 0 Å². The first-order valence-corrected chi connectivity index (χ1v) is 7.10. The Hall–Kier alpha value is -3.03. The number of aromatic nitrogens is 5. The van der Waals surface area contributed by atoms with Crippen LogP contribution in [0.15, 0.2) is 35.3 Å². The second kappa shape index (κ2) is 5.99. The summed E-state index contributed by atoms with van der Waals surface area (Å²) in [6, 6.07) is 7.11. The highest BCUT2D eigenvalue weighted by Gasteiger charge is 2.15. The summed E-state index contributed by atoms with van der Waals surface area (Å²) in [5, 5.41) is 15.5. The smallest absolute Gasteiger partial charge is 0.272 e. The topological polar surface area (TPSA) is 96.8 Å². The number of aryl methyl sites for hydroxylation is 1. The maximum absolute atomic E-state index is 12.4. The number of hydrogen-bond donors (Lipinski definition) is 1. The highest BCUT2D eigenvalue weighted by Crippen LogP contribution is 2.13. The predicted molar refractivity (Wildman–Crippen MR) is 83.5 cm³/mol. The molecule has 0 atom stereocenters. The van der Waals surface area contributed by atoms with Crippen LogP contribution in [0.1, 0.15) is 11.4 Å². The van der Waals surface area contributed by atoms with E-state index in [0.29, 0.717) is 28.7 Å². The Morgan fingerprint density at radius 2 is 2.04 bits per heavy atom. The molecule has 8 nitrogen and oxygen atoms in total. The van der Waals surface area contributed by atoms with Crippen molar-refractivity contribution < 1.29 is 4.79 Å². The first-order valence-electron chi connectivity index (χ1n) is 7.10. The number of aromatic amines is 1. The van der Waals surface area contributed by atoms with E-state index in [4.69, 9.17) is 0 Å². The van der Waals surface area contributed by atoms with E-state index in [1.54, 1.807) is 48.1 Å². The van der Waals surface area contributed by atoms with Gasteiger partial charge in [-0.25, -0.2) is 5.10 Å². The van der Waals surface area contributed by atoms with Crippen molar-refractivity contribution in [3.05, 3.63) is 52.2 Å². The molecular weight excluding hydrogens is 296 g/mol. The molecule has 0 saturated carbocycles. The van der Waals surface area contributed by atoms with Crippen LogP contribution in [0.25, 0.3) is 10.8 Å². The zero-order chi connectivity index (χ0) is 16.4. The van der Waals surface area contributed by atoms with E-state index in [0.717, 1.165) is 0 Å². The first-order chi connectivity index (χ1) is 11.0. The van der Waals surface area contributed by atoms with Gasteiger partial charge in [-0.1, -0.05) is 23.4 Å². The molecule has 0 spiro atoms. The molecule has 2 aromatic heterocycles. The van der Waals surface area contributed by atoms with Crippen molar-refractivity contribution in [2.24, 2.45) is 7.05 Å². The summed E-state index contributed by atoms with van der Waals surface area (Å²) in [6.07, 6.45) is 1.87. The van der Waals surface area contributed by atoms with Crippen molar-refractivity contribution in [2.75, 3.05) is 7.05 Å². The molecule has 0 radical (unpaired) electrons. The number of benzene rings is 1. The number of rotatable bonds is 4. The molecule has 2 heterocycles. The van der Waals surface area contributed by atoms with Crippen molar-refractivity contribution in [1.29, 1.82) is 0 Å². The van der Waals surface area contributed by atoms with Crippen LogP contribution in [0.4, 0.5) is 0 Å². The van der Waals surface area contributed by atoms with Gasteiger partial charge in [-0.05, 0) is 6.07 Å². The Bertz CT molecular complexity index is 913. The average molecular weight is 312 g/mol. The van der Waals surface area contributed by atoms with Crippen molar-refractivity contribution in [3.63, 3.8) is 0 Å². The minimum atomic E-state index is -0.260. The molecule has 0 fully saturated rings. The molecule has 23 heavy (non-hydrogen) atoms. The fourth-order valence-corrected chi connectivity index (χ4v) is 2.38. The fourth-order valence-electron chi connectivity index (χ4n) is 2.38. The van der Waals surface area contributed by atoms with Crippen molar-refractivity contribution >= 4 is 16.7 Å². The number of amides is 1. The first kappa shape index (κ1) is 14.9. The normalized spacial score (nSPS) is 10.9. The molecule has 0 aliphatic heterocycles. The Morgan fingerprint density at radius 3 is 2.74 bits per heavy atom. The number of carbonyl (C=O) groups excluding carboxylic acids is 1. The molecule has 3 aromatic rings. The summed E-state index contributed by atoms with van der Waals surface area (Å²) in [7, 11) is 3.47. The summed E-state index contributed by atoms with van der Waals surface area (Å²) in [5.74, 6) is -0.111. The number of carbonyl (C=O) groups is 1. The third-order valence-corrected chi connectivity index (χ3v) is 3.57. The number of H-pyrrole nitrogens is 1. The lowest BCUT2D eigenvalue weighted by atomic mass is 10.1. The molecule has 3 rings (SSSR count). The monoisotopic (exact) mass is 312 g/mol. The maximum atomic E-state index is 12.4. The molecule has 0 aliphatic rings. The van der Waals surface area contributed by atoms with Gasteiger partial charge in [-0.15, -0.1) is 5.10 Å². The summed E-state index contributed by atoms with van der Waals surface area (Å²) in [4.78, 5) is 25.7. The van der Waals surface area contributed by atoms with Gasteiger partial charge in [0.1, 0.15) is 5.69 Å². The van der Waals surface area contributed by atoms with Crippen LogP contribution in [-0.4, -0.2) is 43.0 Å². The molecule has 1 N–H and O–H groups in total. The summed E-state index contributed by atoms with van der Waals surface area (Å²) >= 11 is 0. The highest BCUT2D eigenvalue weighted by atomic mass is 16.2. The van der Waals surface area contributed by atoms with Crippen LogP contribution < -0.4 is 5.56 Å². The van der Waals surface area contributed by atoms with Gasteiger partial charge in [0, 0.05) is 25.7 Å². The minimum Gasteiger partial charge on any atom is -0.339 e. The van der Waals surface area contributed by atoms with Gasteiger partial charge in [-0.3, -0.25) is 14.3 Å². The van der Waals surface area contributed by atoms with Crippen LogP contribution in [0.3, 0.4) is 0 Å². The van der Waals surface area contributed by atoms with E-state index < -0.39 is 0 Å². The van der Waals surface area contributed by atoms with E-state index in [-0.39, 0.29) is 17.9 Å². The lowest BCUT2D eigenvalue weighted by Crippen LogP contribution is -2.28. The van der Waals surface area contributed by atoms with Crippen molar-refractivity contribution in [3.8, 4) is 0 Å². The number of fused-ring (bicyclic) bond motifs is 1. The van der Waals surface area contributed by atoms with E-state index in [1.807, 2.05) is 6.07 Å². The minimum absolute atomic E-state index is 0.105. The van der Waals surface area contributed by atoms with Gasteiger partial charge in [0.05, 0.1) is 24.0 Å². The van der Waals surface area contributed by atoms with Crippen LogP contribution in [0.5, 0.6) is 0 Å². The molecule has 0 saturated heterocycles. The largest absolute Gasteiger partial charge is 0.339 e. The second-order valence-corrected chi connectivity index (χ2v) is 5.36. The average Bonchev–Trinajstić information content (AvgIpc) is 2.95. The Labute approximate surface area is 131 Å². The molecule has 1 aromatic carbocycles. The Morgan fingerprint density at radius 1 is 1.30 bits per heavy atom. The number of hydrogen-bond acceptors (Lipinski definition) is 5. The van der Waals surface area contributed by atoms with Gasteiger partial charge < -0.3 is 4.90 Å². The second-order valence-electron chi connectivity index (χ2n) is 5.36. The number of nitrogens with zero attached hydrogens (tertiary/aromatic N) is 5. The predicted octanol–water partition coefficient (Wildman–Crippen LogP) is 0.253. The standard InChI is InChI=1S/C15H16N6O2/c1-20(8-10-9-21(2)19-16-10)14(22)7-13-11-5-3-4-6-12(11)15(23)18-17-13/h3-6,9H,7-8H2,1-2H3,(H,18,23). The highest BCUT2D eigenvalue weighted by molar-refractivity contribution is 5.88. The van der Waals surface area contributed by atoms with Gasteiger partial charge in [0.2, 0.25) is 5.91 Å². The third-order valence-electron chi connectivity index (χ3n) is 3.57. The van der Waals surface area contributed by atoms with Gasteiger partial charge >= 0.3 is 0 Å². The van der Waals surface area contributed by atoms with Crippen LogP contribution in [0, 0.1) is 0 Å².